The largest absolute Gasteiger partial charge is 0.495 e. The topological polar surface area (TPSA) is 136 Å². The molecule has 0 aromatic heterocycles. The maximum Gasteiger partial charge on any atom is 0.338 e. The minimum absolute atomic E-state index is 0.0385. The van der Waals surface area contributed by atoms with Crippen LogP contribution in [0.25, 0.3) is 0 Å². The number of hydrogen-bond donors (Lipinski definition) is 1. The normalized spacial score (nSPS) is 15.5. The summed E-state index contributed by atoms with van der Waals surface area (Å²) in [5.41, 5.74) is 0.314. The third-order valence-corrected chi connectivity index (χ3v) is 7.49. The van der Waals surface area contributed by atoms with Gasteiger partial charge in [0.05, 0.1) is 30.7 Å². The van der Waals surface area contributed by atoms with E-state index in [0.29, 0.717) is 4.31 Å². The van der Waals surface area contributed by atoms with Gasteiger partial charge in [-0.05, 0) is 49.4 Å². The molecular formula is C19H20N2O8S2. The number of nitrogens with zero attached hydrogens (tertiary/aromatic N) is 1. The summed E-state index contributed by atoms with van der Waals surface area (Å²) in [6.07, 6.45) is -0.179. The van der Waals surface area contributed by atoms with Gasteiger partial charge >= 0.3 is 5.97 Å². The molecule has 31 heavy (non-hydrogen) atoms. The van der Waals surface area contributed by atoms with Crippen LogP contribution in [0.3, 0.4) is 0 Å². The molecule has 1 heterocycles. The quantitative estimate of drug-likeness (QED) is 0.607. The van der Waals surface area contributed by atoms with E-state index in [4.69, 9.17) is 9.47 Å². The second-order valence-electron chi connectivity index (χ2n) is 6.46. The molecule has 1 amide bonds. The SMILES string of the molecule is CCOC(=O)c1ccc(NS(=O)(=O)c2cc(N3C(=O)CCS3(=O)=O)ccc2OC)cc1. The van der Waals surface area contributed by atoms with Gasteiger partial charge in [-0.2, -0.15) is 0 Å². The van der Waals surface area contributed by atoms with Gasteiger partial charge in [-0.15, -0.1) is 0 Å². The predicted octanol–water partition coefficient (Wildman–Crippen LogP) is 1.74. The minimum Gasteiger partial charge on any atom is -0.495 e. The Morgan fingerprint density at radius 3 is 2.39 bits per heavy atom. The van der Waals surface area contributed by atoms with Gasteiger partial charge < -0.3 is 9.47 Å². The molecule has 1 aliphatic heterocycles. The Balaban J connectivity index is 1.95. The first-order valence-electron chi connectivity index (χ1n) is 9.13. The molecule has 1 N–H and O–H groups in total. The van der Waals surface area contributed by atoms with Gasteiger partial charge in [0, 0.05) is 12.1 Å². The van der Waals surface area contributed by atoms with Crippen molar-refractivity contribution in [2.24, 2.45) is 0 Å². The zero-order chi connectivity index (χ0) is 22.8. The number of esters is 1. The number of anilines is 2. The van der Waals surface area contributed by atoms with E-state index in [2.05, 4.69) is 4.72 Å². The molecule has 10 nitrogen and oxygen atoms in total. The Bertz CT molecular complexity index is 1220. The number of benzene rings is 2. The first kappa shape index (κ1) is 22.6. The molecule has 1 fully saturated rings. The highest BCUT2D eigenvalue weighted by Crippen LogP contribution is 2.33. The summed E-state index contributed by atoms with van der Waals surface area (Å²) in [5.74, 6) is -1.56. The zero-order valence-corrected chi connectivity index (χ0v) is 18.3. The standard InChI is InChI=1S/C19H20N2O8S2/c1-3-29-19(23)13-4-6-14(7-5-13)20-31(26,27)17-12-15(8-9-16(17)28-2)21-18(22)10-11-30(21,24)25/h4-9,12,20H,3,10-11H2,1-2H3. The molecule has 166 valence electrons. The molecule has 1 saturated heterocycles. The van der Waals surface area contributed by atoms with Crippen LogP contribution in [0, 0.1) is 0 Å². The van der Waals surface area contributed by atoms with Crippen molar-refractivity contribution in [2.45, 2.75) is 18.2 Å². The molecule has 0 bridgehead atoms. The Morgan fingerprint density at radius 2 is 1.84 bits per heavy atom. The summed E-state index contributed by atoms with van der Waals surface area (Å²) >= 11 is 0. The van der Waals surface area contributed by atoms with Gasteiger partial charge in [-0.3, -0.25) is 9.52 Å². The first-order chi connectivity index (χ1) is 14.6. The summed E-state index contributed by atoms with van der Waals surface area (Å²) in [5, 5.41) is 0. The third kappa shape index (κ3) is 4.64. The van der Waals surface area contributed by atoms with Crippen LogP contribution in [0.1, 0.15) is 23.7 Å². The molecule has 0 saturated carbocycles. The highest BCUT2D eigenvalue weighted by Gasteiger charge is 2.37. The molecule has 1 aliphatic rings. The smallest absolute Gasteiger partial charge is 0.338 e. The van der Waals surface area contributed by atoms with Crippen LogP contribution < -0.4 is 13.8 Å². The van der Waals surface area contributed by atoms with Crippen LogP contribution in [0.2, 0.25) is 0 Å². The van der Waals surface area contributed by atoms with Crippen molar-refractivity contribution < 1.29 is 35.9 Å². The average Bonchev–Trinajstić information content (AvgIpc) is 3.00. The van der Waals surface area contributed by atoms with Crippen molar-refractivity contribution in [1.29, 1.82) is 0 Å². The zero-order valence-electron chi connectivity index (χ0n) is 16.7. The highest BCUT2D eigenvalue weighted by molar-refractivity contribution is 7.94. The van der Waals surface area contributed by atoms with Crippen molar-refractivity contribution in [3.05, 3.63) is 48.0 Å². The fraction of sp³-hybridized carbons (Fsp3) is 0.263. The van der Waals surface area contributed by atoms with Crippen LogP contribution in [0.4, 0.5) is 11.4 Å². The number of sulfonamides is 2. The first-order valence-corrected chi connectivity index (χ1v) is 12.2. The van der Waals surface area contributed by atoms with Crippen molar-refractivity contribution >= 4 is 43.3 Å². The van der Waals surface area contributed by atoms with Gasteiger partial charge in [0.15, 0.2) is 0 Å². The second-order valence-corrected chi connectivity index (χ2v) is 10.1. The number of nitrogens with one attached hydrogen (secondary N) is 1. The molecule has 0 spiro atoms. The fourth-order valence-electron chi connectivity index (χ4n) is 2.97. The Morgan fingerprint density at radius 1 is 1.16 bits per heavy atom. The average molecular weight is 469 g/mol. The molecule has 0 unspecified atom stereocenters. The number of hydrogen-bond acceptors (Lipinski definition) is 8. The van der Waals surface area contributed by atoms with Gasteiger partial charge in [0.25, 0.3) is 10.0 Å². The van der Waals surface area contributed by atoms with E-state index in [-0.39, 0.29) is 46.4 Å². The predicted molar refractivity (Wildman–Crippen MR) is 112 cm³/mol. The van der Waals surface area contributed by atoms with E-state index in [1.165, 1.54) is 43.5 Å². The van der Waals surface area contributed by atoms with Crippen LogP contribution >= 0.6 is 0 Å². The molecular weight excluding hydrogens is 448 g/mol. The van der Waals surface area contributed by atoms with Crippen molar-refractivity contribution in [3.63, 3.8) is 0 Å². The van der Waals surface area contributed by atoms with Crippen LogP contribution in [-0.2, 0) is 29.6 Å². The number of amides is 1. The maximum atomic E-state index is 13.0. The van der Waals surface area contributed by atoms with Gasteiger partial charge in [-0.25, -0.2) is 25.9 Å². The Labute approximate surface area is 179 Å². The lowest BCUT2D eigenvalue weighted by atomic mass is 10.2. The van der Waals surface area contributed by atoms with Crippen molar-refractivity contribution in [1.82, 2.24) is 0 Å². The van der Waals surface area contributed by atoms with E-state index in [1.807, 2.05) is 0 Å². The lowest BCUT2D eigenvalue weighted by molar-refractivity contribution is -0.116. The molecule has 0 aliphatic carbocycles. The Kier molecular flexibility index (Phi) is 6.23. The number of carbonyl (C=O) groups is 2. The van der Waals surface area contributed by atoms with Gasteiger partial charge in [0.1, 0.15) is 10.6 Å². The van der Waals surface area contributed by atoms with Gasteiger partial charge in [-0.1, -0.05) is 0 Å². The fourth-order valence-corrected chi connectivity index (χ4v) is 5.67. The number of methoxy groups -OCH3 is 1. The highest BCUT2D eigenvalue weighted by atomic mass is 32.2. The van der Waals surface area contributed by atoms with E-state index in [0.717, 1.165) is 6.07 Å². The second kappa shape index (κ2) is 8.55. The van der Waals surface area contributed by atoms with Crippen molar-refractivity contribution in [2.75, 3.05) is 28.5 Å². The molecule has 3 rings (SSSR count). The van der Waals surface area contributed by atoms with E-state index < -0.39 is 31.9 Å². The Hall–Kier alpha value is -3.12. The summed E-state index contributed by atoms with van der Waals surface area (Å²) in [7, 11) is -6.83. The lowest BCUT2D eigenvalue weighted by Gasteiger charge is -2.18. The van der Waals surface area contributed by atoms with Crippen LogP contribution in [0.5, 0.6) is 5.75 Å². The van der Waals surface area contributed by atoms with Crippen LogP contribution in [0.15, 0.2) is 47.4 Å². The minimum atomic E-state index is -4.23. The maximum absolute atomic E-state index is 13.0. The number of rotatable bonds is 7. The molecule has 2 aromatic carbocycles. The lowest BCUT2D eigenvalue weighted by Crippen LogP contribution is -2.29. The van der Waals surface area contributed by atoms with Crippen LogP contribution in [-0.4, -0.2) is 48.2 Å². The van der Waals surface area contributed by atoms with E-state index in [1.54, 1.807) is 6.92 Å². The van der Waals surface area contributed by atoms with E-state index >= 15 is 0 Å². The monoisotopic (exact) mass is 468 g/mol. The van der Waals surface area contributed by atoms with Crippen molar-refractivity contribution in [3.8, 4) is 5.75 Å². The molecule has 12 heteroatoms. The molecule has 0 radical (unpaired) electrons. The molecule has 2 aromatic rings. The van der Waals surface area contributed by atoms with Gasteiger partial charge in [0.2, 0.25) is 15.9 Å². The summed E-state index contributed by atoms with van der Waals surface area (Å²) in [6.45, 7) is 1.88. The third-order valence-electron chi connectivity index (χ3n) is 4.40. The number of ether oxygens (including phenoxy) is 2. The molecule has 0 atom stereocenters. The van der Waals surface area contributed by atoms with E-state index in [9.17, 15) is 26.4 Å². The summed E-state index contributed by atoms with van der Waals surface area (Å²) < 4.78 is 63.3. The number of carbonyl (C=O) groups excluding carboxylic acids is 2. The summed E-state index contributed by atoms with van der Waals surface area (Å²) in [4.78, 5) is 23.4. The summed E-state index contributed by atoms with van der Waals surface area (Å²) in [6, 6.07) is 9.21.